The molecule has 0 spiro atoms. The maximum atomic E-state index is 13.3. The van der Waals surface area contributed by atoms with Crippen molar-refractivity contribution in [1.29, 1.82) is 0 Å². The maximum Gasteiger partial charge on any atom is 0.222 e. The van der Waals surface area contributed by atoms with E-state index in [-0.39, 0.29) is 11.9 Å². The molecule has 0 aliphatic carbocycles. The van der Waals surface area contributed by atoms with E-state index >= 15 is 0 Å². The Hall–Kier alpha value is -1.69. The lowest BCUT2D eigenvalue weighted by Gasteiger charge is -2.37. The number of halogens is 2. The second-order valence-corrected chi connectivity index (χ2v) is 5.42. The van der Waals surface area contributed by atoms with Crippen molar-refractivity contribution in [3.05, 3.63) is 29.3 Å². The largest absolute Gasteiger partial charge is 0.503 e. The van der Waals surface area contributed by atoms with Gasteiger partial charge in [-0.15, -0.1) is 0 Å². The normalized spacial score (nSPS) is 23.2. The Balaban J connectivity index is 1.69. The van der Waals surface area contributed by atoms with Crippen molar-refractivity contribution < 1.29 is 18.7 Å². The van der Waals surface area contributed by atoms with Gasteiger partial charge in [0.25, 0.3) is 0 Å². The van der Waals surface area contributed by atoms with E-state index in [9.17, 15) is 13.6 Å². The molecule has 1 unspecified atom stereocenters. The summed E-state index contributed by atoms with van der Waals surface area (Å²) in [7, 11) is 0. The van der Waals surface area contributed by atoms with Gasteiger partial charge in [0.2, 0.25) is 5.91 Å². The molecular weight excluding hydrogens is 266 g/mol. The van der Waals surface area contributed by atoms with Gasteiger partial charge >= 0.3 is 0 Å². The highest BCUT2D eigenvalue weighted by Gasteiger charge is 2.35. The SMILES string of the molecule is O=C1CCC2CN(Cc3cc(F)c(O)c(F)c3)CCN12. The van der Waals surface area contributed by atoms with E-state index in [1.165, 1.54) is 0 Å². The molecule has 6 heteroatoms. The van der Waals surface area contributed by atoms with Crippen LogP contribution in [0.4, 0.5) is 8.78 Å². The Labute approximate surface area is 115 Å². The fraction of sp³-hybridized carbons (Fsp3) is 0.500. The lowest BCUT2D eigenvalue weighted by molar-refractivity contribution is -0.130. The third-order valence-corrected chi connectivity index (χ3v) is 4.06. The van der Waals surface area contributed by atoms with Crippen LogP contribution in [0.1, 0.15) is 18.4 Å². The molecule has 108 valence electrons. The van der Waals surface area contributed by atoms with Gasteiger partial charge in [-0.1, -0.05) is 0 Å². The van der Waals surface area contributed by atoms with Crippen LogP contribution >= 0.6 is 0 Å². The van der Waals surface area contributed by atoms with Gasteiger partial charge in [-0.2, -0.15) is 0 Å². The van der Waals surface area contributed by atoms with E-state index in [1.54, 1.807) is 0 Å². The lowest BCUT2D eigenvalue weighted by atomic mass is 10.1. The quantitative estimate of drug-likeness (QED) is 0.893. The molecule has 4 nitrogen and oxygen atoms in total. The van der Waals surface area contributed by atoms with E-state index < -0.39 is 17.4 Å². The molecule has 2 fully saturated rings. The van der Waals surface area contributed by atoms with Gasteiger partial charge in [0.1, 0.15) is 0 Å². The van der Waals surface area contributed by atoms with E-state index in [1.807, 2.05) is 4.90 Å². The van der Waals surface area contributed by atoms with Crippen LogP contribution < -0.4 is 0 Å². The number of carbonyl (C=O) groups is 1. The van der Waals surface area contributed by atoms with Crippen LogP contribution in [0.3, 0.4) is 0 Å². The molecule has 3 rings (SSSR count). The number of hydrogen-bond donors (Lipinski definition) is 1. The van der Waals surface area contributed by atoms with Crippen LogP contribution in [0.2, 0.25) is 0 Å². The van der Waals surface area contributed by atoms with Crippen molar-refractivity contribution in [3.63, 3.8) is 0 Å². The van der Waals surface area contributed by atoms with Gasteiger partial charge in [0.15, 0.2) is 17.4 Å². The molecule has 0 aromatic heterocycles. The second-order valence-electron chi connectivity index (χ2n) is 5.42. The van der Waals surface area contributed by atoms with Crippen molar-refractivity contribution in [3.8, 4) is 5.75 Å². The van der Waals surface area contributed by atoms with Gasteiger partial charge < -0.3 is 10.0 Å². The molecule has 1 aromatic rings. The highest BCUT2D eigenvalue weighted by atomic mass is 19.1. The number of phenolic OH excluding ortho intramolecular Hbond substituents is 1. The Kier molecular flexibility index (Phi) is 3.33. The number of aromatic hydroxyl groups is 1. The van der Waals surface area contributed by atoms with Crippen LogP contribution in [0.15, 0.2) is 12.1 Å². The number of benzene rings is 1. The summed E-state index contributed by atoms with van der Waals surface area (Å²) in [4.78, 5) is 15.6. The van der Waals surface area contributed by atoms with Crippen LogP contribution in [0.25, 0.3) is 0 Å². The zero-order valence-corrected chi connectivity index (χ0v) is 11.0. The lowest BCUT2D eigenvalue weighted by Crippen LogP contribution is -2.50. The highest BCUT2D eigenvalue weighted by molar-refractivity contribution is 5.78. The summed E-state index contributed by atoms with van der Waals surface area (Å²) in [6.07, 6.45) is 1.45. The number of piperazine rings is 1. The third-order valence-electron chi connectivity index (χ3n) is 4.06. The Morgan fingerprint density at radius 1 is 1.25 bits per heavy atom. The van der Waals surface area contributed by atoms with Crippen molar-refractivity contribution in [2.75, 3.05) is 19.6 Å². The molecular formula is C14H16F2N2O2. The first-order valence-electron chi connectivity index (χ1n) is 6.73. The molecule has 0 saturated carbocycles. The predicted molar refractivity (Wildman–Crippen MR) is 68.0 cm³/mol. The van der Waals surface area contributed by atoms with Crippen LogP contribution in [0.5, 0.6) is 5.75 Å². The molecule has 1 amide bonds. The minimum Gasteiger partial charge on any atom is -0.503 e. The molecule has 1 atom stereocenters. The number of phenols is 1. The number of carbonyl (C=O) groups excluding carboxylic acids is 1. The molecule has 20 heavy (non-hydrogen) atoms. The fourth-order valence-electron chi connectivity index (χ4n) is 3.04. The second kappa shape index (κ2) is 5.01. The summed E-state index contributed by atoms with van der Waals surface area (Å²) >= 11 is 0. The highest BCUT2D eigenvalue weighted by Crippen LogP contribution is 2.25. The fourth-order valence-corrected chi connectivity index (χ4v) is 3.04. The molecule has 2 heterocycles. The van der Waals surface area contributed by atoms with Crippen molar-refractivity contribution in [2.24, 2.45) is 0 Å². The van der Waals surface area contributed by atoms with Crippen LogP contribution in [-0.2, 0) is 11.3 Å². The minimum atomic E-state index is -0.935. The van der Waals surface area contributed by atoms with Crippen LogP contribution in [-0.4, -0.2) is 46.5 Å². The monoisotopic (exact) mass is 282 g/mol. The minimum absolute atomic E-state index is 0.205. The Morgan fingerprint density at radius 2 is 1.95 bits per heavy atom. The molecule has 1 aromatic carbocycles. The molecule has 1 N–H and O–H groups in total. The third kappa shape index (κ3) is 2.35. The summed E-state index contributed by atoms with van der Waals surface area (Å²) in [5, 5.41) is 9.08. The van der Waals surface area contributed by atoms with Gasteiger partial charge in [0, 0.05) is 38.6 Å². The van der Waals surface area contributed by atoms with Crippen LogP contribution in [0, 0.1) is 11.6 Å². The van der Waals surface area contributed by atoms with Crippen molar-refractivity contribution >= 4 is 5.91 Å². The molecule has 0 bridgehead atoms. The molecule has 2 aliphatic heterocycles. The number of nitrogens with zero attached hydrogens (tertiary/aromatic N) is 2. The van der Waals surface area contributed by atoms with Gasteiger partial charge in [-0.25, -0.2) is 8.78 Å². The van der Waals surface area contributed by atoms with Crippen molar-refractivity contribution in [2.45, 2.75) is 25.4 Å². The van der Waals surface area contributed by atoms with E-state index in [2.05, 4.69) is 4.90 Å². The predicted octanol–water partition coefficient (Wildman–Crippen LogP) is 1.48. The van der Waals surface area contributed by atoms with Gasteiger partial charge in [-0.05, 0) is 24.1 Å². The summed E-state index contributed by atoms with van der Waals surface area (Å²) in [5.74, 6) is -2.60. The Bertz CT molecular complexity index is 527. The first-order valence-corrected chi connectivity index (χ1v) is 6.73. The maximum absolute atomic E-state index is 13.3. The standard InChI is InChI=1S/C14H16F2N2O2/c15-11-5-9(6-12(16)14(11)20)7-17-3-4-18-10(8-17)1-2-13(18)19/h5-6,10,20H,1-4,7-8H2. The summed E-state index contributed by atoms with van der Waals surface area (Å²) < 4.78 is 26.6. The number of hydrogen-bond acceptors (Lipinski definition) is 3. The van der Waals surface area contributed by atoms with Gasteiger partial charge in [0.05, 0.1) is 0 Å². The number of fused-ring (bicyclic) bond motifs is 1. The first kappa shape index (κ1) is 13.3. The first-order chi connectivity index (χ1) is 9.54. The van der Waals surface area contributed by atoms with Gasteiger partial charge in [-0.3, -0.25) is 9.69 Å². The summed E-state index contributed by atoms with van der Waals surface area (Å²) in [6, 6.07) is 2.54. The van der Waals surface area contributed by atoms with E-state index in [0.717, 1.165) is 25.1 Å². The topological polar surface area (TPSA) is 43.8 Å². The van der Waals surface area contributed by atoms with E-state index in [0.29, 0.717) is 31.6 Å². The molecule has 0 radical (unpaired) electrons. The molecule has 2 saturated heterocycles. The average Bonchev–Trinajstić information content (AvgIpc) is 2.77. The molecule has 2 aliphatic rings. The number of rotatable bonds is 2. The zero-order valence-electron chi connectivity index (χ0n) is 11.0. The van der Waals surface area contributed by atoms with E-state index in [4.69, 9.17) is 5.11 Å². The summed E-state index contributed by atoms with van der Waals surface area (Å²) in [6.45, 7) is 2.53. The average molecular weight is 282 g/mol. The van der Waals surface area contributed by atoms with Crippen molar-refractivity contribution in [1.82, 2.24) is 9.80 Å². The Morgan fingerprint density at radius 3 is 2.65 bits per heavy atom. The zero-order chi connectivity index (χ0) is 14.3. The smallest absolute Gasteiger partial charge is 0.222 e. The number of amides is 1. The summed E-state index contributed by atoms with van der Waals surface area (Å²) in [5.41, 5.74) is 0.496.